The van der Waals surface area contributed by atoms with E-state index in [1.807, 2.05) is 6.07 Å². The van der Waals surface area contributed by atoms with Crippen LogP contribution in [0.15, 0.2) is 16.5 Å². The fourth-order valence-electron chi connectivity index (χ4n) is 5.28. The van der Waals surface area contributed by atoms with E-state index in [0.717, 1.165) is 74.2 Å². The van der Waals surface area contributed by atoms with Gasteiger partial charge in [-0.25, -0.2) is 4.79 Å². The van der Waals surface area contributed by atoms with Crippen molar-refractivity contribution in [3.8, 4) is 0 Å². The maximum absolute atomic E-state index is 12.4. The molecule has 2 fully saturated rings. The molecular weight excluding hydrogens is 390 g/mol. The van der Waals surface area contributed by atoms with Crippen molar-refractivity contribution in [1.82, 2.24) is 10.2 Å². The van der Waals surface area contributed by atoms with Crippen LogP contribution in [0.3, 0.4) is 0 Å². The second-order valence-electron chi connectivity index (χ2n) is 9.28. The first kappa shape index (κ1) is 19.2. The van der Waals surface area contributed by atoms with Gasteiger partial charge >= 0.3 is 6.03 Å². The standard InChI is InChI=1S/C22H28ClN3O3/c1-21(2)13-26(8-9-28-21)12-15-10-14-11-16(23)18-17(19(14)29-15)22(25-20(27)24-18)6-4-3-5-7-22/h10-11H,3-9,12-13H2,1-2H3,(H2,24,25,27). The Hall–Kier alpha value is -1.76. The fourth-order valence-corrected chi connectivity index (χ4v) is 5.54. The molecule has 29 heavy (non-hydrogen) atoms. The molecule has 2 aliphatic heterocycles. The van der Waals surface area contributed by atoms with Crippen LogP contribution >= 0.6 is 11.6 Å². The molecule has 3 aliphatic rings. The average Bonchev–Trinajstić information content (AvgIpc) is 3.03. The van der Waals surface area contributed by atoms with E-state index in [0.29, 0.717) is 10.7 Å². The zero-order valence-corrected chi connectivity index (χ0v) is 17.8. The molecule has 1 saturated heterocycles. The van der Waals surface area contributed by atoms with E-state index in [9.17, 15) is 4.79 Å². The average molecular weight is 418 g/mol. The summed E-state index contributed by atoms with van der Waals surface area (Å²) in [7, 11) is 0. The molecule has 1 spiro atoms. The highest BCUT2D eigenvalue weighted by atomic mass is 35.5. The number of hydrogen-bond acceptors (Lipinski definition) is 4. The van der Waals surface area contributed by atoms with E-state index in [-0.39, 0.29) is 11.6 Å². The number of nitrogens with zero attached hydrogens (tertiary/aromatic N) is 1. The lowest BCUT2D eigenvalue weighted by Gasteiger charge is -2.42. The number of fused-ring (bicyclic) bond motifs is 4. The van der Waals surface area contributed by atoms with E-state index >= 15 is 0 Å². The van der Waals surface area contributed by atoms with Crippen LogP contribution in [-0.2, 0) is 16.8 Å². The van der Waals surface area contributed by atoms with Crippen LogP contribution in [0.2, 0.25) is 5.02 Å². The number of nitrogens with one attached hydrogen (secondary N) is 2. The Labute approximate surface area is 175 Å². The molecule has 1 aromatic carbocycles. The summed E-state index contributed by atoms with van der Waals surface area (Å²) in [5.41, 5.74) is 2.04. The number of morpholine rings is 1. The molecular formula is C22H28ClN3O3. The first-order valence-electron chi connectivity index (χ1n) is 10.6. The predicted molar refractivity (Wildman–Crippen MR) is 113 cm³/mol. The van der Waals surface area contributed by atoms with Crippen molar-refractivity contribution >= 4 is 34.3 Å². The van der Waals surface area contributed by atoms with Crippen molar-refractivity contribution in [2.24, 2.45) is 0 Å². The monoisotopic (exact) mass is 417 g/mol. The van der Waals surface area contributed by atoms with Gasteiger partial charge in [0.15, 0.2) is 0 Å². The van der Waals surface area contributed by atoms with Crippen molar-refractivity contribution in [2.45, 2.75) is 63.6 Å². The third kappa shape index (κ3) is 3.41. The molecule has 156 valence electrons. The van der Waals surface area contributed by atoms with E-state index in [4.69, 9.17) is 20.8 Å². The number of carbonyl (C=O) groups excluding carboxylic acids is 1. The minimum Gasteiger partial charge on any atom is -0.459 e. The summed E-state index contributed by atoms with van der Waals surface area (Å²) in [5.74, 6) is 0.921. The topological polar surface area (TPSA) is 66.7 Å². The molecule has 0 atom stereocenters. The summed E-state index contributed by atoms with van der Waals surface area (Å²) >= 11 is 6.62. The number of urea groups is 1. The molecule has 2 amide bonds. The van der Waals surface area contributed by atoms with Crippen LogP contribution in [0.25, 0.3) is 11.0 Å². The largest absolute Gasteiger partial charge is 0.459 e. The predicted octanol–water partition coefficient (Wildman–Crippen LogP) is 4.99. The number of benzene rings is 1. The van der Waals surface area contributed by atoms with Gasteiger partial charge in [-0.3, -0.25) is 4.90 Å². The van der Waals surface area contributed by atoms with Gasteiger partial charge in [0, 0.05) is 24.0 Å². The number of furan rings is 1. The Morgan fingerprint density at radius 3 is 2.76 bits per heavy atom. The number of amides is 2. The highest BCUT2D eigenvalue weighted by Gasteiger charge is 2.43. The van der Waals surface area contributed by atoms with Crippen LogP contribution in [0, 0.1) is 0 Å². The zero-order chi connectivity index (χ0) is 20.2. The maximum Gasteiger partial charge on any atom is 0.319 e. The fraction of sp³-hybridized carbons (Fsp3) is 0.591. The van der Waals surface area contributed by atoms with E-state index in [1.165, 1.54) is 6.42 Å². The molecule has 2 N–H and O–H groups in total. The molecule has 2 aromatic rings. The number of carbonyl (C=O) groups is 1. The zero-order valence-electron chi connectivity index (χ0n) is 17.1. The van der Waals surface area contributed by atoms with Crippen LogP contribution < -0.4 is 10.6 Å². The molecule has 1 saturated carbocycles. The van der Waals surface area contributed by atoms with Gasteiger partial charge in [0.05, 0.1) is 35.0 Å². The summed E-state index contributed by atoms with van der Waals surface area (Å²) in [6, 6.07) is 3.83. The summed E-state index contributed by atoms with van der Waals surface area (Å²) in [6.07, 6.45) is 5.20. The lowest BCUT2D eigenvalue weighted by molar-refractivity contribution is -0.0893. The quantitative estimate of drug-likeness (QED) is 0.722. The van der Waals surface area contributed by atoms with Crippen molar-refractivity contribution in [2.75, 3.05) is 25.0 Å². The lowest BCUT2D eigenvalue weighted by Crippen LogP contribution is -2.52. The minimum absolute atomic E-state index is 0.146. The second kappa shape index (κ2) is 6.89. The molecule has 3 heterocycles. The van der Waals surface area contributed by atoms with Gasteiger partial charge < -0.3 is 19.8 Å². The lowest BCUT2D eigenvalue weighted by atomic mass is 9.74. The van der Waals surface area contributed by atoms with E-state index in [2.05, 4.69) is 35.4 Å². The van der Waals surface area contributed by atoms with Crippen LogP contribution in [0.5, 0.6) is 0 Å². The normalized spacial score (nSPS) is 23.6. The molecule has 1 aliphatic carbocycles. The van der Waals surface area contributed by atoms with E-state index < -0.39 is 5.54 Å². The Morgan fingerprint density at radius 2 is 2.00 bits per heavy atom. The Kier molecular flexibility index (Phi) is 4.57. The van der Waals surface area contributed by atoms with Gasteiger partial charge in [-0.05, 0) is 38.8 Å². The van der Waals surface area contributed by atoms with Crippen molar-refractivity contribution in [3.05, 3.63) is 28.5 Å². The van der Waals surface area contributed by atoms with Gasteiger partial charge in [-0.15, -0.1) is 0 Å². The highest BCUT2D eigenvalue weighted by molar-refractivity contribution is 6.35. The minimum atomic E-state index is -0.394. The number of halogens is 1. The van der Waals surface area contributed by atoms with Gasteiger partial charge in [0.25, 0.3) is 0 Å². The van der Waals surface area contributed by atoms with Crippen molar-refractivity contribution < 1.29 is 13.9 Å². The number of ether oxygens (including phenoxy) is 1. The molecule has 0 bridgehead atoms. The third-order valence-corrected chi connectivity index (χ3v) is 6.77. The SMILES string of the molecule is CC1(C)CN(Cc2cc3cc(Cl)c4c(c3o2)C2(CCCCC2)NC(=O)N4)CCO1. The first-order chi connectivity index (χ1) is 13.9. The Balaban J connectivity index is 1.56. The van der Waals surface area contributed by atoms with Gasteiger partial charge in [0.1, 0.15) is 11.3 Å². The molecule has 0 unspecified atom stereocenters. The van der Waals surface area contributed by atoms with Gasteiger partial charge in [-0.1, -0.05) is 30.9 Å². The maximum atomic E-state index is 12.4. The molecule has 0 radical (unpaired) electrons. The summed E-state index contributed by atoms with van der Waals surface area (Å²) in [5, 5.41) is 7.71. The van der Waals surface area contributed by atoms with Crippen LogP contribution in [0.1, 0.15) is 57.3 Å². The van der Waals surface area contributed by atoms with E-state index in [1.54, 1.807) is 0 Å². The second-order valence-corrected chi connectivity index (χ2v) is 9.69. The van der Waals surface area contributed by atoms with Gasteiger partial charge in [-0.2, -0.15) is 0 Å². The number of anilines is 1. The van der Waals surface area contributed by atoms with Crippen LogP contribution in [0.4, 0.5) is 10.5 Å². The van der Waals surface area contributed by atoms with Crippen molar-refractivity contribution in [3.63, 3.8) is 0 Å². The molecule has 5 rings (SSSR count). The first-order valence-corrected chi connectivity index (χ1v) is 10.9. The Bertz CT molecular complexity index is 962. The van der Waals surface area contributed by atoms with Gasteiger partial charge in [0.2, 0.25) is 0 Å². The smallest absolute Gasteiger partial charge is 0.319 e. The van der Waals surface area contributed by atoms with Crippen LogP contribution in [-0.4, -0.2) is 36.2 Å². The highest BCUT2D eigenvalue weighted by Crippen LogP contribution is 2.49. The molecule has 7 heteroatoms. The number of rotatable bonds is 2. The number of hydrogen-bond donors (Lipinski definition) is 2. The third-order valence-electron chi connectivity index (χ3n) is 6.47. The molecule has 1 aromatic heterocycles. The van der Waals surface area contributed by atoms with Crippen molar-refractivity contribution in [1.29, 1.82) is 0 Å². The summed E-state index contributed by atoms with van der Waals surface area (Å²) in [6.45, 7) is 7.46. The summed E-state index contributed by atoms with van der Waals surface area (Å²) in [4.78, 5) is 14.8. The summed E-state index contributed by atoms with van der Waals surface area (Å²) < 4.78 is 12.3. The Morgan fingerprint density at radius 1 is 1.21 bits per heavy atom. The molecule has 6 nitrogen and oxygen atoms in total.